The Hall–Kier alpha value is -3.18. The molecule has 2 saturated heterocycles. The van der Waals surface area contributed by atoms with Crippen molar-refractivity contribution in [3.05, 3.63) is 36.2 Å². The summed E-state index contributed by atoms with van der Waals surface area (Å²) in [6.45, 7) is 10.1. The number of piperazine rings is 1. The molecule has 3 aliphatic rings. The van der Waals surface area contributed by atoms with Crippen molar-refractivity contribution in [2.75, 3.05) is 44.2 Å². The third-order valence-corrected chi connectivity index (χ3v) is 7.14. The van der Waals surface area contributed by atoms with Crippen LogP contribution in [0.1, 0.15) is 34.1 Å². The minimum absolute atomic E-state index is 0. The van der Waals surface area contributed by atoms with Gasteiger partial charge in [-0.15, -0.1) is 12.4 Å². The van der Waals surface area contributed by atoms with E-state index in [1.165, 1.54) is 43.0 Å². The minimum Gasteiger partial charge on any atom is -0.489 e. The molecule has 4 rings (SSSR count). The topological polar surface area (TPSA) is 106 Å². The van der Waals surface area contributed by atoms with Gasteiger partial charge in [0.15, 0.2) is 0 Å². The normalized spacial score (nSPS) is 24.6. The monoisotopic (exact) mass is 581 g/mol. The molecule has 1 aliphatic carbocycles. The maximum absolute atomic E-state index is 14.0. The first kappa shape index (κ1) is 31.3. The summed E-state index contributed by atoms with van der Waals surface area (Å²) >= 11 is 0. The number of halogens is 2. The third kappa shape index (κ3) is 7.11. The first-order valence-corrected chi connectivity index (χ1v) is 13.4. The molecule has 10 nitrogen and oxygen atoms in total. The second kappa shape index (κ2) is 13.5. The summed E-state index contributed by atoms with van der Waals surface area (Å²) in [6, 6.07) is 4.55. The number of likely N-dealkylation sites (tertiary alicyclic amines) is 1. The summed E-state index contributed by atoms with van der Waals surface area (Å²) < 4.78 is 30.4. The van der Waals surface area contributed by atoms with Crippen LogP contribution in [0.2, 0.25) is 0 Å². The van der Waals surface area contributed by atoms with E-state index in [4.69, 9.17) is 14.2 Å². The molecule has 2 fully saturated rings. The molecule has 4 unspecified atom stereocenters. The number of fused-ring (bicyclic) bond motifs is 1. The van der Waals surface area contributed by atoms with Crippen LogP contribution in [0, 0.1) is 17.7 Å². The molecule has 0 radical (unpaired) electrons. The second-order valence-electron chi connectivity index (χ2n) is 10.4. The Kier molecular flexibility index (Phi) is 10.5. The number of anilines is 1. The highest BCUT2D eigenvalue weighted by molar-refractivity contribution is 6.06. The van der Waals surface area contributed by atoms with Crippen LogP contribution >= 0.6 is 12.4 Å². The van der Waals surface area contributed by atoms with E-state index < -0.39 is 47.8 Å². The van der Waals surface area contributed by atoms with Gasteiger partial charge in [0.2, 0.25) is 11.8 Å². The zero-order valence-electron chi connectivity index (χ0n) is 23.2. The lowest BCUT2D eigenvalue weighted by molar-refractivity contribution is -0.157. The van der Waals surface area contributed by atoms with Gasteiger partial charge < -0.3 is 19.1 Å². The van der Waals surface area contributed by atoms with Gasteiger partial charge in [0.25, 0.3) is 0 Å². The van der Waals surface area contributed by atoms with Crippen molar-refractivity contribution in [2.24, 2.45) is 11.8 Å². The summed E-state index contributed by atoms with van der Waals surface area (Å²) in [6.07, 6.45) is 1.78. The number of rotatable bonds is 9. The molecule has 1 aromatic rings. The van der Waals surface area contributed by atoms with Crippen molar-refractivity contribution in [1.29, 1.82) is 0 Å². The van der Waals surface area contributed by atoms with Crippen LogP contribution in [0.25, 0.3) is 0 Å². The van der Waals surface area contributed by atoms with Gasteiger partial charge in [-0.25, -0.2) is 4.39 Å². The number of carbonyl (C=O) groups excluding carboxylic acids is 4. The molecule has 1 aromatic carbocycles. The Morgan fingerprint density at radius 3 is 1.98 bits per heavy atom. The lowest BCUT2D eigenvalue weighted by atomic mass is 9.81. The number of benzene rings is 1. The standard InChI is InChI=1S/C28H36FN3O7.ClH/c1-17(2)37-22-7-6-20(29)16-21(22)31-14-12-30(13-15-31)10-5-11-32-27(35)25-23(38-18(3)33)8-9-24(39-19(4)34)26(25)28(32)36;/h6-9,16-17,23-26H,5,10-15H2,1-4H3;1H. The molecule has 220 valence electrons. The van der Waals surface area contributed by atoms with Gasteiger partial charge in [0.05, 0.1) is 23.6 Å². The maximum Gasteiger partial charge on any atom is 0.303 e. The lowest BCUT2D eigenvalue weighted by Gasteiger charge is -2.37. The lowest BCUT2D eigenvalue weighted by Crippen LogP contribution is -2.47. The molecule has 0 spiro atoms. The van der Waals surface area contributed by atoms with Crippen LogP contribution in [-0.4, -0.2) is 91.1 Å². The van der Waals surface area contributed by atoms with Crippen LogP contribution < -0.4 is 9.64 Å². The van der Waals surface area contributed by atoms with Crippen molar-refractivity contribution in [1.82, 2.24) is 9.80 Å². The summed E-state index contributed by atoms with van der Waals surface area (Å²) in [5.41, 5.74) is 0.734. The zero-order chi connectivity index (χ0) is 28.3. The Balaban J connectivity index is 0.00000441. The highest BCUT2D eigenvalue weighted by Gasteiger charge is 2.56. The summed E-state index contributed by atoms with van der Waals surface area (Å²) in [5.74, 6) is -3.48. The number of nitrogens with zero attached hydrogens (tertiary/aromatic N) is 3. The van der Waals surface area contributed by atoms with Gasteiger partial charge in [-0.05, 0) is 51.1 Å². The van der Waals surface area contributed by atoms with E-state index in [-0.39, 0.29) is 30.9 Å². The van der Waals surface area contributed by atoms with Gasteiger partial charge in [0.1, 0.15) is 23.8 Å². The van der Waals surface area contributed by atoms with E-state index in [9.17, 15) is 23.6 Å². The summed E-state index contributed by atoms with van der Waals surface area (Å²) in [7, 11) is 0. The molecule has 12 heteroatoms. The van der Waals surface area contributed by atoms with E-state index in [0.717, 1.165) is 18.8 Å². The fraction of sp³-hybridized carbons (Fsp3) is 0.571. The highest BCUT2D eigenvalue weighted by atomic mass is 35.5. The van der Waals surface area contributed by atoms with E-state index in [1.807, 2.05) is 13.8 Å². The second-order valence-corrected chi connectivity index (χ2v) is 10.4. The van der Waals surface area contributed by atoms with Crippen LogP contribution in [0.15, 0.2) is 30.4 Å². The first-order chi connectivity index (χ1) is 18.5. The number of ether oxygens (including phenoxy) is 3. The molecule has 0 saturated carbocycles. The van der Waals surface area contributed by atoms with E-state index in [1.54, 1.807) is 6.07 Å². The quantitative estimate of drug-likeness (QED) is 0.247. The number of hydrogen-bond donors (Lipinski definition) is 0. The van der Waals surface area contributed by atoms with Gasteiger partial charge in [-0.3, -0.25) is 29.0 Å². The van der Waals surface area contributed by atoms with Crippen molar-refractivity contribution >= 4 is 41.8 Å². The number of amides is 2. The molecule has 2 amide bonds. The predicted octanol–water partition coefficient (Wildman–Crippen LogP) is 2.58. The number of esters is 2. The predicted molar refractivity (Wildman–Crippen MR) is 147 cm³/mol. The van der Waals surface area contributed by atoms with Gasteiger partial charge >= 0.3 is 11.9 Å². The Bertz CT molecular complexity index is 1090. The first-order valence-electron chi connectivity index (χ1n) is 13.4. The SMILES string of the molecule is CC(=O)OC1C=CC(OC(C)=O)C2C(=O)N(CCCN3CCN(c4cc(F)ccc4OC(C)C)CC3)C(=O)C12.Cl. The van der Waals surface area contributed by atoms with Crippen LogP contribution in [0.3, 0.4) is 0 Å². The summed E-state index contributed by atoms with van der Waals surface area (Å²) in [4.78, 5) is 55.3. The fourth-order valence-electron chi connectivity index (χ4n) is 5.51. The van der Waals surface area contributed by atoms with Gasteiger partial charge in [-0.1, -0.05) is 0 Å². The Morgan fingerprint density at radius 1 is 0.925 bits per heavy atom. The van der Waals surface area contributed by atoms with Crippen LogP contribution in [0.5, 0.6) is 5.75 Å². The van der Waals surface area contributed by atoms with Crippen molar-refractivity contribution in [3.8, 4) is 5.75 Å². The van der Waals surface area contributed by atoms with Crippen molar-refractivity contribution < 1.29 is 37.8 Å². The van der Waals surface area contributed by atoms with E-state index in [0.29, 0.717) is 31.8 Å². The van der Waals surface area contributed by atoms with E-state index >= 15 is 0 Å². The highest BCUT2D eigenvalue weighted by Crippen LogP contribution is 2.38. The molecule has 0 N–H and O–H groups in total. The molecule has 4 atom stereocenters. The Morgan fingerprint density at radius 2 is 1.48 bits per heavy atom. The summed E-state index contributed by atoms with van der Waals surface area (Å²) in [5, 5.41) is 0. The number of imide groups is 1. The minimum atomic E-state index is -0.923. The number of carbonyl (C=O) groups is 4. The van der Waals surface area contributed by atoms with Gasteiger partial charge in [0, 0.05) is 52.6 Å². The van der Waals surface area contributed by atoms with Crippen molar-refractivity contribution in [3.63, 3.8) is 0 Å². The smallest absolute Gasteiger partial charge is 0.303 e. The van der Waals surface area contributed by atoms with E-state index in [2.05, 4.69) is 9.80 Å². The Labute approximate surface area is 239 Å². The number of hydrogen-bond acceptors (Lipinski definition) is 9. The molecule has 2 heterocycles. The average Bonchev–Trinajstić information content (AvgIpc) is 3.12. The third-order valence-electron chi connectivity index (χ3n) is 7.14. The average molecular weight is 582 g/mol. The van der Waals surface area contributed by atoms with Crippen LogP contribution in [-0.2, 0) is 28.7 Å². The van der Waals surface area contributed by atoms with Crippen molar-refractivity contribution in [2.45, 2.75) is 52.4 Å². The molecule has 0 bridgehead atoms. The molecular weight excluding hydrogens is 545 g/mol. The zero-order valence-corrected chi connectivity index (χ0v) is 24.0. The molecule has 40 heavy (non-hydrogen) atoms. The molecular formula is C28H37ClFN3O7. The maximum atomic E-state index is 14.0. The van der Waals surface area contributed by atoms with Gasteiger partial charge in [-0.2, -0.15) is 0 Å². The molecule has 0 aromatic heterocycles. The largest absolute Gasteiger partial charge is 0.489 e. The fourth-order valence-corrected chi connectivity index (χ4v) is 5.51. The van der Waals surface area contributed by atoms with Crippen LogP contribution in [0.4, 0.5) is 10.1 Å². The molecule has 2 aliphatic heterocycles.